The number of rotatable bonds is 7. The smallest absolute Gasteiger partial charge is 0.166 e. The van der Waals surface area contributed by atoms with Crippen molar-refractivity contribution in [3.05, 3.63) is 58.4 Å². The van der Waals surface area contributed by atoms with Crippen molar-refractivity contribution in [3.8, 4) is 28.0 Å². The third-order valence-electron chi connectivity index (χ3n) is 6.10. The molecule has 3 heterocycles. The quantitative estimate of drug-likeness (QED) is 0.418. The van der Waals surface area contributed by atoms with E-state index in [4.69, 9.17) is 15.5 Å². The molecule has 190 valence electrons. The van der Waals surface area contributed by atoms with Crippen molar-refractivity contribution >= 4 is 17.2 Å². The van der Waals surface area contributed by atoms with Crippen LogP contribution in [0, 0.1) is 11.8 Å². The van der Waals surface area contributed by atoms with Gasteiger partial charge in [0.1, 0.15) is 12.2 Å². The lowest BCUT2D eigenvalue weighted by Gasteiger charge is -2.27. The number of nitrogen functional groups attached to an aromatic ring is 1. The van der Waals surface area contributed by atoms with Crippen LogP contribution in [0.25, 0.3) is 10.4 Å². The maximum atomic E-state index is 9.97. The Bertz CT molecular complexity index is 1250. The van der Waals surface area contributed by atoms with Gasteiger partial charge in [-0.25, -0.2) is 9.97 Å². The van der Waals surface area contributed by atoms with Crippen LogP contribution in [0.15, 0.2) is 36.7 Å². The van der Waals surface area contributed by atoms with E-state index in [0.717, 1.165) is 53.1 Å². The topological polar surface area (TPSA) is 96.5 Å². The number of nitrogens with zero attached hydrogens (tertiary/aromatic N) is 3. The molecular formula is C28H35N5O2S. The first-order chi connectivity index (χ1) is 17.2. The summed E-state index contributed by atoms with van der Waals surface area (Å²) in [6.07, 6.45) is 6.01. The Morgan fingerprint density at radius 3 is 2.64 bits per heavy atom. The van der Waals surface area contributed by atoms with Crippen LogP contribution >= 0.6 is 11.3 Å². The Labute approximate surface area is 217 Å². The highest BCUT2D eigenvalue weighted by Crippen LogP contribution is 2.36. The number of benzene rings is 1. The highest BCUT2D eigenvalue weighted by Gasteiger charge is 2.21. The van der Waals surface area contributed by atoms with Crippen LogP contribution in [-0.2, 0) is 13.2 Å². The number of pyridine rings is 1. The zero-order valence-corrected chi connectivity index (χ0v) is 22.3. The van der Waals surface area contributed by atoms with Gasteiger partial charge in [-0.05, 0) is 83.2 Å². The second-order valence-corrected chi connectivity index (χ2v) is 11.0. The van der Waals surface area contributed by atoms with Crippen molar-refractivity contribution in [3.63, 3.8) is 0 Å². The summed E-state index contributed by atoms with van der Waals surface area (Å²) in [5, 5.41) is 14.3. The number of hydrogen-bond acceptors (Lipinski definition) is 8. The lowest BCUT2D eigenvalue weighted by molar-refractivity contribution is 0.143. The van der Waals surface area contributed by atoms with Crippen molar-refractivity contribution < 1.29 is 9.84 Å². The Hall–Kier alpha value is -2.96. The highest BCUT2D eigenvalue weighted by atomic mass is 32.1. The van der Waals surface area contributed by atoms with Gasteiger partial charge in [0.05, 0.1) is 9.88 Å². The first-order valence-electron chi connectivity index (χ1n) is 12.3. The van der Waals surface area contributed by atoms with E-state index in [1.807, 2.05) is 31.4 Å². The molecule has 0 bridgehead atoms. The molecule has 0 radical (unpaired) electrons. The van der Waals surface area contributed by atoms with Gasteiger partial charge in [-0.2, -0.15) is 0 Å². The van der Waals surface area contributed by atoms with Gasteiger partial charge >= 0.3 is 0 Å². The van der Waals surface area contributed by atoms with E-state index in [-0.39, 0.29) is 0 Å². The van der Waals surface area contributed by atoms with Gasteiger partial charge in [0.15, 0.2) is 11.6 Å². The molecule has 0 amide bonds. The van der Waals surface area contributed by atoms with Crippen LogP contribution in [0.4, 0.5) is 5.82 Å². The van der Waals surface area contributed by atoms with Crippen LogP contribution in [0.5, 0.6) is 5.75 Å². The monoisotopic (exact) mass is 505 g/mol. The SMILES string of the molecule is CNCc1cc(C#CC(C)(C)O)cc(COc2cc(-c3cnc(C4CCN(C)CC4)s3)cnc2N)c1. The molecule has 1 saturated heterocycles. The minimum absolute atomic E-state index is 0.327. The van der Waals surface area contributed by atoms with Crippen LogP contribution in [0.3, 0.4) is 0 Å². The molecule has 4 N–H and O–H groups in total. The van der Waals surface area contributed by atoms with Crippen molar-refractivity contribution in [2.45, 2.75) is 51.4 Å². The van der Waals surface area contributed by atoms with Crippen molar-refractivity contribution in [1.82, 2.24) is 20.2 Å². The Morgan fingerprint density at radius 2 is 1.92 bits per heavy atom. The van der Waals surface area contributed by atoms with Gasteiger partial charge in [0, 0.05) is 36.0 Å². The average Bonchev–Trinajstić information content (AvgIpc) is 3.33. The summed E-state index contributed by atoms with van der Waals surface area (Å²) in [6, 6.07) is 8.01. The highest BCUT2D eigenvalue weighted by molar-refractivity contribution is 7.15. The number of nitrogens with one attached hydrogen (secondary N) is 1. The van der Waals surface area contributed by atoms with E-state index in [1.165, 1.54) is 5.01 Å². The molecule has 4 rings (SSSR count). The zero-order chi connectivity index (χ0) is 25.7. The van der Waals surface area contributed by atoms with E-state index < -0.39 is 5.60 Å². The van der Waals surface area contributed by atoms with E-state index >= 15 is 0 Å². The molecule has 0 saturated carbocycles. The number of likely N-dealkylation sites (tertiary alicyclic amines) is 1. The van der Waals surface area contributed by atoms with Gasteiger partial charge < -0.3 is 25.8 Å². The van der Waals surface area contributed by atoms with Gasteiger partial charge in [-0.1, -0.05) is 17.9 Å². The summed E-state index contributed by atoms with van der Waals surface area (Å²) in [5.74, 6) is 7.37. The Morgan fingerprint density at radius 1 is 1.17 bits per heavy atom. The maximum absolute atomic E-state index is 9.97. The predicted molar refractivity (Wildman–Crippen MR) is 146 cm³/mol. The third-order valence-corrected chi connectivity index (χ3v) is 7.31. The number of nitrogens with two attached hydrogens (primary N) is 1. The van der Waals surface area contributed by atoms with E-state index in [2.05, 4.69) is 40.2 Å². The number of thiazole rings is 1. The minimum atomic E-state index is -1.06. The van der Waals surface area contributed by atoms with Crippen LogP contribution in [-0.4, -0.2) is 52.8 Å². The lowest BCUT2D eigenvalue weighted by Crippen LogP contribution is -2.29. The molecule has 0 spiro atoms. The standard InChI is InChI=1S/C28H35N5O2S/c1-28(2,34)8-5-19-11-20(15-30-3)13-21(12-19)18-35-24-14-23(16-31-26(24)29)25-17-32-27(36-25)22-6-9-33(4)10-7-22/h11-14,16-17,22,30,34H,6-7,9-10,15,18H2,1-4H3,(H2,29,31). The normalized spacial score (nSPS) is 14.9. The Kier molecular flexibility index (Phi) is 8.27. The molecule has 0 aliphatic carbocycles. The van der Waals surface area contributed by atoms with Gasteiger partial charge in [-0.15, -0.1) is 11.3 Å². The van der Waals surface area contributed by atoms with E-state index in [0.29, 0.717) is 30.6 Å². The molecule has 2 aromatic heterocycles. The van der Waals surface area contributed by atoms with Gasteiger partial charge in [-0.3, -0.25) is 0 Å². The second kappa shape index (κ2) is 11.4. The number of aliphatic hydroxyl groups is 1. The number of piperidine rings is 1. The molecule has 0 unspecified atom stereocenters. The second-order valence-electron chi connectivity index (χ2n) is 9.91. The van der Waals surface area contributed by atoms with Crippen LogP contribution in [0.2, 0.25) is 0 Å². The molecule has 1 fully saturated rings. The van der Waals surface area contributed by atoms with Crippen molar-refractivity contribution in [2.75, 3.05) is 32.9 Å². The molecule has 1 aliphatic rings. The van der Waals surface area contributed by atoms with E-state index in [1.54, 1.807) is 31.4 Å². The lowest BCUT2D eigenvalue weighted by atomic mass is 9.98. The molecule has 8 heteroatoms. The molecule has 1 aliphatic heterocycles. The largest absolute Gasteiger partial charge is 0.485 e. The van der Waals surface area contributed by atoms with Crippen LogP contribution < -0.4 is 15.8 Å². The fraction of sp³-hybridized carbons (Fsp3) is 0.429. The third kappa shape index (κ3) is 7.05. The molecule has 7 nitrogen and oxygen atoms in total. The average molecular weight is 506 g/mol. The first kappa shape index (κ1) is 26.1. The predicted octanol–water partition coefficient (Wildman–Crippen LogP) is 4.02. The minimum Gasteiger partial charge on any atom is -0.485 e. The number of aromatic nitrogens is 2. The zero-order valence-electron chi connectivity index (χ0n) is 21.5. The van der Waals surface area contributed by atoms with Gasteiger partial charge in [0.2, 0.25) is 0 Å². The summed E-state index contributed by atoms with van der Waals surface area (Å²) in [4.78, 5) is 12.5. The summed E-state index contributed by atoms with van der Waals surface area (Å²) in [6.45, 7) is 6.60. The summed E-state index contributed by atoms with van der Waals surface area (Å²) >= 11 is 1.73. The van der Waals surface area contributed by atoms with Crippen molar-refractivity contribution in [2.24, 2.45) is 0 Å². The summed E-state index contributed by atoms with van der Waals surface area (Å²) < 4.78 is 6.13. The number of ether oxygens (including phenoxy) is 1. The molecule has 1 aromatic carbocycles. The fourth-order valence-corrected chi connectivity index (χ4v) is 5.25. The molecule has 3 aromatic rings. The fourth-order valence-electron chi connectivity index (χ4n) is 4.18. The molecule has 36 heavy (non-hydrogen) atoms. The van der Waals surface area contributed by atoms with Gasteiger partial charge in [0.25, 0.3) is 0 Å². The number of hydrogen-bond donors (Lipinski definition) is 3. The Balaban J connectivity index is 1.51. The number of anilines is 1. The summed E-state index contributed by atoms with van der Waals surface area (Å²) in [5.41, 5.74) is 8.94. The maximum Gasteiger partial charge on any atom is 0.166 e. The summed E-state index contributed by atoms with van der Waals surface area (Å²) in [7, 11) is 4.08. The van der Waals surface area contributed by atoms with Crippen molar-refractivity contribution in [1.29, 1.82) is 0 Å². The molecular weight excluding hydrogens is 470 g/mol. The molecule has 0 atom stereocenters. The van der Waals surface area contributed by atoms with Crippen LogP contribution in [0.1, 0.15) is 54.3 Å². The first-order valence-corrected chi connectivity index (χ1v) is 13.1. The van der Waals surface area contributed by atoms with E-state index in [9.17, 15) is 5.11 Å².